The van der Waals surface area contributed by atoms with E-state index in [-0.39, 0.29) is 12.0 Å². The number of methoxy groups -OCH3 is 1. The van der Waals surface area contributed by atoms with Crippen molar-refractivity contribution in [3.63, 3.8) is 0 Å². The lowest BCUT2D eigenvalue weighted by atomic mass is 9.81. The predicted octanol–water partition coefficient (Wildman–Crippen LogP) is 1.15. The number of ether oxygens (including phenoxy) is 1. The molecule has 0 aromatic heterocycles. The summed E-state index contributed by atoms with van der Waals surface area (Å²) in [6.07, 6.45) is 6.06. The second-order valence-electron chi connectivity index (χ2n) is 5.34. The first-order chi connectivity index (χ1) is 8.17. The number of nitrogens with zero attached hydrogens (tertiary/aromatic N) is 1. The number of hydrogen-bond donors (Lipinski definition) is 1. The SMILES string of the molecule is CNC1CC2CCCC(C1)N2C(C)C(=O)OC. The highest BCUT2D eigenvalue weighted by atomic mass is 16.5. The lowest BCUT2D eigenvalue weighted by molar-refractivity contribution is -0.151. The minimum Gasteiger partial charge on any atom is -0.468 e. The molecule has 2 aliphatic heterocycles. The van der Waals surface area contributed by atoms with E-state index in [2.05, 4.69) is 10.2 Å². The minimum absolute atomic E-state index is 0.0897. The van der Waals surface area contributed by atoms with Crippen LogP contribution in [0.3, 0.4) is 0 Å². The molecule has 2 bridgehead atoms. The van der Waals surface area contributed by atoms with Gasteiger partial charge in [-0.25, -0.2) is 0 Å². The molecule has 0 aromatic rings. The first-order valence-electron chi connectivity index (χ1n) is 6.70. The van der Waals surface area contributed by atoms with E-state index in [1.165, 1.54) is 26.4 Å². The second kappa shape index (κ2) is 5.36. The predicted molar refractivity (Wildman–Crippen MR) is 66.8 cm³/mol. The summed E-state index contributed by atoms with van der Waals surface area (Å²) < 4.78 is 4.89. The third kappa shape index (κ3) is 2.47. The van der Waals surface area contributed by atoms with Gasteiger partial charge in [-0.3, -0.25) is 9.69 Å². The summed E-state index contributed by atoms with van der Waals surface area (Å²) in [4.78, 5) is 14.1. The molecule has 2 rings (SSSR count). The summed E-state index contributed by atoms with van der Waals surface area (Å²) in [5.74, 6) is -0.0928. The normalized spacial score (nSPS) is 35.4. The molecule has 4 heteroatoms. The standard InChI is InChI=1S/C13H24N2O2/c1-9(13(16)17-3)15-11-5-4-6-12(15)8-10(7-11)14-2/h9-12,14H,4-8H2,1-3H3. The van der Waals surface area contributed by atoms with Crippen LogP contribution in [0.1, 0.15) is 39.0 Å². The maximum Gasteiger partial charge on any atom is 0.322 e. The number of piperidine rings is 2. The van der Waals surface area contributed by atoms with Gasteiger partial charge in [0.2, 0.25) is 0 Å². The smallest absolute Gasteiger partial charge is 0.322 e. The number of rotatable bonds is 3. The van der Waals surface area contributed by atoms with Crippen molar-refractivity contribution < 1.29 is 9.53 Å². The maximum absolute atomic E-state index is 11.7. The first-order valence-corrected chi connectivity index (χ1v) is 6.70. The zero-order chi connectivity index (χ0) is 12.4. The molecule has 3 unspecified atom stereocenters. The van der Waals surface area contributed by atoms with Gasteiger partial charge in [-0.05, 0) is 39.7 Å². The van der Waals surface area contributed by atoms with Gasteiger partial charge in [-0.2, -0.15) is 0 Å². The van der Waals surface area contributed by atoms with Gasteiger partial charge in [0.1, 0.15) is 6.04 Å². The fraction of sp³-hybridized carbons (Fsp3) is 0.923. The second-order valence-corrected chi connectivity index (χ2v) is 5.34. The lowest BCUT2D eigenvalue weighted by Crippen LogP contribution is -2.60. The molecule has 17 heavy (non-hydrogen) atoms. The third-order valence-electron chi connectivity index (χ3n) is 4.43. The number of esters is 1. The molecule has 2 aliphatic rings. The summed E-state index contributed by atoms with van der Waals surface area (Å²) in [5, 5.41) is 3.39. The van der Waals surface area contributed by atoms with Gasteiger partial charge in [0.15, 0.2) is 0 Å². The molecular weight excluding hydrogens is 216 g/mol. The number of hydrogen-bond acceptors (Lipinski definition) is 4. The Hall–Kier alpha value is -0.610. The topological polar surface area (TPSA) is 41.6 Å². The van der Waals surface area contributed by atoms with E-state index in [4.69, 9.17) is 4.74 Å². The van der Waals surface area contributed by atoms with Gasteiger partial charge in [-0.15, -0.1) is 0 Å². The van der Waals surface area contributed by atoms with Crippen LogP contribution in [0.5, 0.6) is 0 Å². The molecule has 4 nitrogen and oxygen atoms in total. The van der Waals surface area contributed by atoms with E-state index in [0.717, 1.165) is 12.8 Å². The van der Waals surface area contributed by atoms with Crippen LogP contribution in [0, 0.1) is 0 Å². The van der Waals surface area contributed by atoms with Crippen molar-refractivity contribution in [1.29, 1.82) is 0 Å². The maximum atomic E-state index is 11.7. The molecule has 3 atom stereocenters. The van der Waals surface area contributed by atoms with E-state index in [0.29, 0.717) is 18.1 Å². The molecule has 0 radical (unpaired) electrons. The van der Waals surface area contributed by atoms with Gasteiger partial charge >= 0.3 is 5.97 Å². The van der Waals surface area contributed by atoms with E-state index < -0.39 is 0 Å². The van der Waals surface area contributed by atoms with Crippen molar-refractivity contribution in [3.8, 4) is 0 Å². The van der Waals surface area contributed by atoms with Gasteiger partial charge in [0, 0.05) is 18.1 Å². The van der Waals surface area contributed by atoms with E-state index in [1.54, 1.807) is 0 Å². The Morgan fingerprint density at radius 2 is 1.94 bits per heavy atom. The Morgan fingerprint density at radius 3 is 2.41 bits per heavy atom. The zero-order valence-electron chi connectivity index (χ0n) is 11.1. The Balaban J connectivity index is 2.09. The quantitative estimate of drug-likeness (QED) is 0.752. The molecular formula is C13H24N2O2. The number of carbonyl (C=O) groups excluding carboxylic acids is 1. The summed E-state index contributed by atoms with van der Waals surface area (Å²) >= 11 is 0. The van der Waals surface area contributed by atoms with E-state index >= 15 is 0 Å². The Kier molecular flexibility index (Phi) is 4.05. The molecule has 0 aromatic carbocycles. The third-order valence-corrected chi connectivity index (χ3v) is 4.43. The van der Waals surface area contributed by atoms with Crippen molar-refractivity contribution in [2.75, 3.05) is 14.2 Å². The minimum atomic E-state index is -0.0928. The lowest BCUT2D eigenvalue weighted by Gasteiger charge is -2.50. The highest BCUT2D eigenvalue weighted by Crippen LogP contribution is 2.35. The van der Waals surface area contributed by atoms with Crippen molar-refractivity contribution >= 4 is 5.97 Å². The van der Waals surface area contributed by atoms with Crippen molar-refractivity contribution in [2.45, 2.75) is 63.2 Å². The number of fused-ring (bicyclic) bond motifs is 2. The van der Waals surface area contributed by atoms with Crippen molar-refractivity contribution in [1.82, 2.24) is 10.2 Å². The van der Waals surface area contributed by atoms with Crippen molar-refractivity contribution in [2.24, 2.45) is 0 Å². The fourth-order valence-electron chi connectivity index (χ4n) is 3.58. The van der Waals surface area contributed by atoms with Crippen LogP contribution in [0.2, 0.25) is 0 Å². The number of carbonyl (C=O) groups is 1. The van der Waals surface area contributed by atoms with Crippen LogP contribution < -0.4 is 5.32 Å². The highest BCUT2D eigenvalue weighted by molar-refractivity contribution is 5.75. The van der Waals surface area contributed by atoms with Crippen LogP contribution in [0.15, 0.2) is 0 Å². The van der Waals surface area contributed by atoms with Crippen LogP contribution in [-0.4, -0.2) is 49.2 Å². The molecule has 0 aliphatic carbocycles. The molecule has 0 saturated carbocycles. The van der Waals surface area contributed by atoms with Crippen LogP contribution in [0.25, 0.3) is 0 Å². The summed E-state index contributed by atoms with van der Waals surface area (Å²) in [7, 11) is 3.52. The van der Waals surface area contributed by atoms with Gasteiger partial charge in [-0.1, -0.05) is 6.42 Å². The molecule has 2 saturated heterocycles. The van der Waals surface area contributed by atoms with Gasteiger partial charge < -0.3 is 10.1 Å². The summed E-state index contributed by atoms with van der Waals surface area (Å²) in [6.45, 7) is 1.98. The monoisotopic (exact) mass is 240 g/mol. The molecule has 98 valence electrons. The Morgan fingerprint density at radius 1 is 1.35 bits per heavy atom. The summed E-state index contributed by atoms with van der Waals surface area (Å²) in [6, 6.07) is 1.63. The van der Waals surface area contributed by atoms with E-state index in [9.17, 15) is 4.79 Å². The van der Waals surface area contributed by atoms with Gasteiger partial charge in [0.05, 0.1) is 7.11 Å². The summed E-state index contributed by atoms with van der Waals surface area (Å²) in [5.41, 5.74) is 0. The van der Waals surface area contributed by atoms with Gasteiger partial charge in [0.25, 0.3) is 0 Å². The average Bonchev–Trinajstić information content (AvgIpc) is 2.35. The van der Waals surface area contributed by atoms with Crippen LogP contribution >= 0.6 is 0 Å². The van der Waals surface area contributed by atoms with E-state index in [1.807, 2.05) is 14.0 Å². The molecule has 0 amide bonds. The Bertz CT molecular complexity index is 269. The molecule has 0 spiro atoms. The molecule has 1 N–H and O–H groups in total. The molecule has 2 fully saturated rings. The van der Waals surface area contributed by atoms with Crippen LogP contribution in [0.4, 0.5) is 0 Å². The van der Waals surface area contributed by atoms with Crippen molar-refractivity contribution in [3.05, 3.63) is 0 Å². The largest absolute Gasteiger partial charge is 0.468 e. The Labute approximate surface area is 104 Å². The first kappa shape index (κ1) is 12.8. The average molecular weight is 240 g/mol. The highest BCUT2D eigenvalue weighted by Gasteiger charge is 2.42. The number of nitrogens with one attached hydrogen (secondary N) is 1. The fourth-order valence-corrected chi connectivity index (χ4v) is 3.58. The zero-order valence-corrected chi connectivity index (χ0v) is 11.1. The molecule has 2 heterocycles. The van der Waals surface area contributed by atoms with Crippen LogP contribution in [-0.2, 0) is 9.53 Å².